The minimum atomic E-state index is -3.86. The summed E-state index contributed by atoms with van der Waals surface area (Å²) in [5.74, 6) is -0.595. The molecule has 0 atom stereocenters. The first-order chi connectivity index (χ1) is 9.81. The molecule has 0 N–H and O–H groups in total. The van der Waals surface area contributed by atoms with Crippen molar-refractivity contribution in [3.63, 3.8) is 0 Å². The third-order valence-electron chi connectivity index (χ3n) is 2.56. The second kappa shape index (κ2) is 7.98. The second-order valence-corrected chi connectivity index (χ2v) is 7.06. The van der Waals surface area contributed by atoms with E-state index in [9.17, 15) is 13.2 Å². The molecule has 8 heteroatoms. The Bertz CT molecular complexity index is 584. The Labute approximate surface area is 134 Å². The molecule has 0 aliphatic heterocycles. The third-order valence-corrected chi connectivity index (χ3v) is 4.82. The van der Waals surface area contributed by atoms with Crippen molar-refractivity contribution in [1.82, 2.24) is 4.31 Å². The number of hydrogen-bond donors (Lipinski definition) is 0. The molecule has 1 rings (SSSR count). The van der Waals surface area contributed by atoms with E-state index in [0.29, 0.717) is 6.42 Å². The van der Waals surface area contributed by atoms with Crippen LogP contribution >= 0.6 is 23.2 Å². The van der Waals surface area contributed by atoms with Crippen LogP contribution in [0.25, 0.3) is 0 Å². The molecule has 0 unspecified atom stereocenters. The van der Waals surface area contributed by atoms with Gasteiger partial charge in [-0.2, -0.15) is 4.31 Å². The Balaban J connectivity index is 3.12. The summed E-state index contributed by atoms with van der Waals surface area (Å²) < 4.78 is 31.0. The van der Waals surface area contributed by atoms with E-state index in [4.69, 9.17) is 27.9 Å². The van der Waals surface area contributed by atoms with Gasteiger partial charge in [0.2, 0.25) is 10.0 Å². The summed E-state index contributed by atoms with van der Waals surface area (Å²) >= 11 is 11.7. The number of ether oxygens (including phenoxy) is 1. The smallest absolute Gasteiger partial charge is 0.321 e. The molecule has 118 valence electrons. The molecule has 21 heavy (non-hydrogen) atoms. The lowest BCUT2D eigenvalue weighted by molar-refractivity contribution is -0.143. The van der Waals surface area contributed by atoms with Gasteiger partial charge in [-0.05, 0) is 31.5 Å². The van der Waals surface area contributed by atoms with Gasteiger partial charge in [0.1, 0.15) is 6.54 Å². The minimum absolute atomic E-state index is 0.0438. The van der Waals surface area contributed by atoms with Crippen LogP contribution in [-0.2, 0) is 19.6 Å². The van der Waals surface area contributed by atoms with Crippen LogP contribution in [0.5, 0.6) is 0 Å². The lowest BCUT2D eigenvalue weighted by Crippen LogP contribution is -2.37. The van der Waals surface area contributed by atoms with Crippen molar-refractivity contribution in [3.8, 4) is 0 Å². The first kappa shape index (κ1) is 18.2. The maximum Gasteiger partial charge on any atom is 0.321 e. The molecule has 0 fully saturated rings. The number of carbonyl (C=O) groups excluding carboxylic acids is 1. The van der Waals surface area contributed by atoms with E-state index in [2.05, 4.69) is 0 Å². The maximum atomic E-state index is 12.6. The lowest BCUT2D eigenvalue weighted by Gasteiger charge is -2.20. The highest BCUT2D eigenvalue weighted by atomic mass is 35.5. The molecule has 0 heterocycles. The Morgan fingerprint density at radius 3 is 2.24 bits per heavy atom. The van der Waals surface area contributed by atoms with Crippen LogP contribution in [0, 0.1) is 0 Å². The van der Waals surface area contributed by atoms with Gasteiger partial charge in [0.25, 0.3) is 0 Å². The molecule has 0 amide bonds. The highest BCUT2D eigenvalue weighted by molar-refractivity contribution is 7.89. The van der Waals surface area contributed by atoms with Gasteiger partial charge in [-0.15, -0.1) is 0 Å². The van der Waals surface area contributed by atoms with Crippen molar-refractivity contribution in [3.05, 3.63) is 28.2 Å². The van der Waals surface area contributed by atoms with Gasteiger partial charge in [0, 0.05) is 16.6 Å². The van der Waals surface area contributed by atoms with Gasteiger partial charge in [0.15, 0.2) is 0 Å². The summed E-state index contributed by atoms with van der Waals surface area (Å²) in [6, 6.07) is 4.05. The number of esters is 1. The summed E-state index contributed by atoms with van der Waals surface area (Å²) in [5.41, 5.74) is 0. The number of rotatable bonds is 7. The number of sulfonamides is 1. The minimum Gasteiger partial charge on any atom is -0.465 e. The van der Waals surface area contributed by atoms with E-state index in [1.807, 2.05) is 6.92 Å². The Hall–Kier alpha value is -0.820. The first-order valence-electron chi connectivity index (χ1n) is 6.43. The van der Waals surface area contributed by atoms with Crippen LogP contribution in [0.4, 0.5) is 0 Å². The van der Waals surface area contributed by atoms with Crippen LogP contribution in [0.1, 0.15) is 20.3 Å². The van der Waals surface area contributed by atoms with Crippen LogP contribution < -0.4 is 0 Å². The van der Waals surface area contributed by atoms with Crippen molar-refractivity contribution < 1.29 is 17.9 Å². The van der Waals surface area contributed by atoms with Gasteiger partial charge in [-0.1, -0.05) is 30.1 Å². The predicted octanol–water partition coefficient (Wildman–Crippen LogP) is 2.96. The summed E-state index contributed by atoms with van der Waals surface area (Å²) in [6.07, 6.45) is 0.562. The average molecular weight is 354 g/mol. The predicted molar refractivity (Wildman–Crippen MR) is 82.1 cm³/mol. The summed E-state index contributed by atoms with van der Waals surface area (Å²) in [4.78, 5) is 11.5. The highest BCUT2D eigenvalue weighted by Crippen LogP contribution is 2.25. The molecule has 0 bridgehead atoms. The fraction of sp³-hybridized carbons (Fsp3) is 0.462. The topological polar surface area (TPSA) is 63.7 Å². The zero-order valence-electron chi connectivity index (χ0n) is 11.8. The van der Waals surface area contributed by atoms with E-state index in [-0.39, 0.29) is 34.6 Å². The second-order valence-electron chi connectivity index (χ2n) is 4.25. The van der Waals surface area contributed by atoms with E-state index >= 15 is 0 Å². The van der Waals surface area contributed by atoms with Crippen molar-refractivity contribution >= 4 is 39.2 Å². The average Bonchev–Trinajstić information content (AvgIpc) is 2.37. The first-order valence-corrected chi connectivity index (χ1v) is 8.62. The number of benzene rings is 1. The van der Waals surface area contributed by atoms with Crippen LogP contribution in [-0.4, -0.2) is 38.4 Å². The highest BCUT2D eigenvalue weighted by Gasteiger charge is 2.27. The van der Waals surface area contributed by atoms with Crippen molar-refractivity contribution in [1.29, 1.82) is 0 Å². The van der Waals surface area contributed by atoms with Crippen LogP contribution in [0.2, 0.25) is 10.0 Å². The number of halogens is 2. The molecule has 0 spiro atoms. The van der Waals surface area contributed by atoms with Crippen molar-refractivity contribution in [2.24, 2.45) is 0 Å². The van der Waals surface area contributed by atoms with E-state index in [1.165, 1.54) is 18.2 Å². The summed E-state index contributed by atoms with van der Waals surface area (Å²) in [5, 5.41) is 0.433. The van der Waals surface area contributed by atoms with Crippen molar-refractivity contribution in [2.75, 3.05) is 19.7 Å². The molecule has 0 saturated heterocycles. The molecular formula is C13H17Cl2NO4S. The molecular weight excluding hydrogens is 337 g/mol. The van der Waals surface area contributed by atoms with Crippen LogP contribution in [0.3, 0.4) is 0 Å². The number of nitrogens with zero attached hydrogens (tertiary/aromatic N) is 1. The normalized spacial score (nSPS) is 11.7. The molecule has 1 aromatic rings. The summed E-state index contributed by atoms with van der Waals surface area (Å²) in [6.45, 7) is 3.53. The van der Waals surface area contributed by atoms with E-state index in [0.717, 1.165) is 4.31 Å². The van der Waals surface area contributed by atoms with Gasteiger partial charge >= 0.3 is 5.97 Å². The maximum absolute atomic E-state index is 12.6. The fourth-order valence-electron chi connectivity index (χ4n) is 1.71. The quantitative estimate of drug-likeness (QED) is 0.707. The molecule has 0 aromatic heterocycles. The monoisotopic (exact) mass is 353 g/mol. The Kier molecular flexibility index (Phi) is 6.93. The third kappa shape index (κ3) is 5.14. The van der Waals surface area contributed by atoms with Gasteiger partial charge in [-0.3, -0.25) is 4.79 Å². The van der Waals surface area contributed by atoms with E-state index < -0.39 is 16.0 Å². The van der Waals surface area contributed by atoms with Gasteiger partial charge in [0.05, 0.1) is 11.5 Å². The molecule has 5 nitrogen and oxygen atoms in total. The molecule has 0 aliphatic rings. The summed E-state index contributed by atoms with van der Waals surface area (Å²) in [7, 11) is -3.86. The van der Waals surface area contributed by atoms with Crippen molar-refractivity contribution in [2.45, 2.75) is 25.2 Å². The lowest BCUT2D eigenvalue weighted by atomic mass is 10.4. The Morgan fingerprint density at radius 1 is 1.19 bits per heavy atom. The molecule has 0 radical (unpaired) electrons. The molecule has 0 aliphatic carbocycles. The SMILES string of the molecule is CCCN(CC(=O)OCC)S(=O)(=O)c1cc(Cl)cc(Cl)c1. The standard InChI is InChI=1S/C13H17Cl2NO4S/c1-3-5-16(9-13(17)20-4-2)21(18,19)12-7-10(14)6-11(15)8-12/h6-8H,3-5,9H2,1-2H3. The van der Waals surface area contributed by atoms with Crippen LogP contribution in [0.15, 0.2) is 23.1 Å². The Morgan fingerprint density at radius 2 is 1.76 bits per heavy atom. The number of hydrogen-bond acceptors (Lipinski definition) is 4. The zero-order valence-corrected chi connectivity index (χ0v) is 14.1. The number of carbonyl (C=O) groups is 1. The van der Waals surface area contributed by atoms with Gasteiger partial charge < -0.3 is 4.74 Å². The fourth-order valence-corrected chi connectivity index (χ4v) is 3.91. The largest absolute Gasteiger partial charge is 0.465 e. The zero-order chi connectivity index (χ0) is 16.0. The molecule has 1 aromatic carbocycles. The van der Waals surface area contributed by atoms with Gasteiger partial charge in [-0.25, -0.2) is 8.42 Å². The molecule has 0 saturated carbocycles. The van der Waals surface area contributed by atoms with E-state index in [1.54, 1.807) is 6.92 Å².